The van der Waals surface area contributed by atoms with Gasteiger partial charge in [-0.25, -0.2) is 0 Å². The van der Waals surface area contributed by atoms with E-state index in [9.17, 15) is 4.79 Å². The number of hydrogen-bond acceptors (Lipinski definition) is 5. The van der Waals surface area contributed by atoms with E-state index in [-0.39, 0.29) is 5.91 Å². The number of benzene rings is 1. The average Bonchev–Trinajstić information content (AvgIpc) is 3.30. The van der Waals surface area contributed by atoms with Gasteiger partial charge >= 0.3 is 0 Å². The van der Waals surface area contributed by atoms with Crippen LogP contribution >= 0.6 is 0 Å². The monoisotopic (exact) mass is 342 g/mol. The second-order valence-corrected chi connectivity index (χ2v) is 6.89. The summed E-state index contributed by atoms with van der Waals surface area (Å²) in [5.41, 5.74) is 2.21. The van der Waals surface area contributed by atoms with Gasteiger partial charge in [-0.3, -0.25) is 4.79 Å². The lowest BCUT2D eigenvalue weighted by molar-refractivity contribution is -0.121. The van der Waals surface area contributed by atoms with Crippen LogP contribution in [0, 0.1) is 0 Å². The summed E-state index contributed by atoms with van der Waals surface area (Å²) in [6, 6.07) is 8.59. The SMILES string of the molecule is CC(C)c1ccc(-c2noc(CCC(=O)NCC3CCCN3)n2)cc1. The molecular formula is C19H26N4O2. The van der Waals surface area contributed by atoms with Crippen molar-refractivity contribution in [2.24, 2.45) is 0 Å². The number of nitrogens with zero attached hydrogens (tertiary/aromatic N) is 2. The van der Waals surface area contributed by atoms with Gasteiger partial charge in [-0.1, -0.05) is 43.3 Å². The summed E-state index contributed by atoms with van der Waals surface area (Å²) in [5, 5.41) is 10.3. The molecule has 1 unspecified atom stereocenters. The van der Waals surface area contributed by atoms with E-state index in [2.05, 4.69) is 46.8 Å². The molecule has 2 aromatic rings. The molecule has 1 aromatic heterocycles. The van der Waals surface area contributed by atoms with Crippen LogP contribution in [0.25, 0.3) is 11.4 Å². The summed E-state index contributed by atoms with van der Waals surface area (Å²) >= 11 is 0. The number of amides is 1. The van der Waals surface area contributed by atoms with Crippen LogP contribution in [0.1, 0.15) is 50.5 Å². The first-order valence-electron chi connectivity index (χ1n) is 9.05. The van der Waals surface area contributed by atoms with Gasteiger partial charge in [0.1, 0.15) is 0 Å². The Morgan fingerprint density at radius 2 is 2.16 bits per heavy atom. The van der Waals surface area contributed by atoms with Crippen molar-refractivity contribution in [3.8, 4) is 11.4 Å². The van der Waals surface area contributed by atoms with Crippen LogP contribution in [0.4, 0.5) is 0 Å². The molecule has 2 heterocycles. The topological polar surface area (TPSA) is 80.0 Å². The fourth-order valence-corrected chi connectivity index (χ4v) is 2.97. The van der Waals surface area contributed by atoms with Crippen molar-refractivity contribution in [3.05, 3.63) is 35.7 Å². The van der Waals surface area contributed by atoms with Gasteiger partial charge in [-0.2, -0.15) is 4.98 Å². The Kier molecular flexibility index (Phi) is 5.81. The summed E-state index contributed by atoms with van der Waals surface area (Å²) in [6.45, 7) is 6.06. The van der Waals surface area contributed by atoms with Crippen molar-refractivity contribution in [2.75, 3.05) is 13.1 Å². The quantitative estimate of drug-likeness (QED) is 0.808. The molecule has 1 saturated heterocycles. The van der Waals surface area contributed by atoms with Crippen molar-refractivity contribution in [1.29, 1.82) is 0 Å². The minimum atomic E-state index is 0.0229. The Labute approximate surface area is 148 Å². The molecular weight excluding hydrogens is 316 g/mol. The first kappa shape index (κ1) is 17.6. The van der Waals surface area contributed by atoms with Gasteiger partial charge in [-0.05, 0) is 30.9 Å². The molecule has 134 valence electrons. The number of nitrogens with one attached hydrogen (secondary N) is 2. The molecule has 0 aliphatic carbocycles. The number of carbonyl (C=O) groups excluding carboxylic acids is 1. The van der Waals surface area contributed by atoms with E-state index in [4.69, 9.17) is 4.52 Å². The largest absolute Gasteiger partial charge is 0.355 e. The smallest absolute Gasteiger partial charge is 0.227 e. The fourth-order valence-electron chi connectivity index (χ4n) is 2.97. The highest BCUT2D eigenvalue weighted by Gasteiger charge is 2.15. The molecule has 0 bridgehead atoms. The van der Waals surface area contributed by atoms with E-state index in [1.807, 2.05) is 12.1 Å². The van der Waals surface area contributed by atoms with Gasteiger partial charge in [0.15, 0.2) is 0 Å². The summed E-state index contributed by atoms with van der Waals surface area (Å²) < 4.78 is 5.27. The molecule has 1 fully saturated rings. The Balaban J connectivity index is 1.48. The molecule has 0 saturated carbocycles. The molecule has 0 spiro atoms. The first-order chi connectivity index (χ1) is 12.1. The second-order valence-electron chi connectivity index (χ2n) is 6.89. The maximum absolute atomic E-state index is 11.9. The molecule has 1 amide bonds. The van der Waals surface area contributed by atoms with Crippen molar-refractivity contribution in [3.63, 3.8) is 0 Å². The molecule has 3 rings (SSSR count). The van der Waals surface area contributed by atoms with Crippen molar-refractivity contribution in [2.45, 2.75) is 51.5 Å². The Hall–Kier alpha value is -2.21. The van der Waals surface area contributed by atoms with E-state index >= 15 is 0 Å². The Morgan fingerprint density at radius 1 is 1.36 bits per heavy atom. The van der Waals surface area contributed by atoms with Crippen LogP contribution in [-0.4, -0.2) is 35.2 Å². The minimum Gasteiger partial charge on any atom is -0.355 e. The summed E-state index contributed by atoms with van der Waals surface area (Å²) in [6.07, 6.45) is 3.13. The van der Waals surface area contributed by atoms with E-state index in [1.165, 1.54) is 12.0 Å². The van der Waals surface area contributed by atoms with E-state index in [0.29, 0.717) is 43.1 Å². The van der Waals surface area contributed by atoms with Crippen molar-refractivity contribution < 1.29 is 9.32 Å². The standard InChI is InChI=1S/C19H26N4O2/c1-13(2)14-5-7-15(8-6-14)19-22-18(25-23-19)10-9-17(24)21-12-16-4-3-11-20-16/h5-8,13,16,20H,3-4,9-12H2,1-2H3,(H,21,24). The van der Waals surface area contributed by atoms with Crippen LogP contribution in [0.3, 0.4) is 0 Å². The molecule has 1 aliphatic rings. The summed E-state index contributed by atoms with van der Waals surface area (Å²) in [5.74, 6) is 1.58. The molecule has 2 N–H and O–H groups in total. The van der Waals surface area contributed by atoms with Crippen LogP contribution in [0.2, 0.25) is 0 Å². The minimum absolute atomic E-state index is 0.0229. The predicted molar refractivity (Wildman–Crippen MR) is 96.2 cm³/mol. The molecule has 25 heavy (non-hydrogen) atoms. The summed E-state index contributed by atoms with van der Waals surface area (Å²) in [7, 11) is 0. The normalized spacial score (nSPS) is 17.2. The zero-order chi connectivity index (χ0) is 17.6. The summed E-state index contributed by atoms with van der Waals surface area (Å²) in [4.78, 5) is 16.3. The third-order valence-electron chi connectivity index (χ3n) is 4.58. The molecule has 6 nitrogen and oxygen atoms in total. The molecule has 0 radical (unpaired) electrons. The van der Waals surface area contributed by atoms with Gasteiger partial charge in [0, 0.05) is 31.0 Å². The van der Waals surface area contributed by atoms with Gasteiger partial charge in [0.25, 0.3) is 0 Å². The highest BCUT2D eigenvalue weighted by Crippen LogP contribution is 2.20. The van der Waals surface area contributed by atoms with Crippen LogP contribution in [0.15, 0.2) is 28.8 Å². The number of aryl methyl sites for hydroxylation is 1. The lowest BCUT2D eigenvalue weighted by Gasteiger charge is -2.10. The van der Waals surface area contributed by atoms with Crippen LogP contribution in [-0.2, 0) is 11.2 Å². The molecule has 1 atom stereocenters. The maximum Gasteiger partial charge on any atom is 0.227 e. The molecule has 1 aliphatic heterocycles. The lowest BCUT2D eigenvalue weighted by atomic mass is 10.0. The zero-order valence-corrected chi connectivity index (χ0v) is 14.9. The highest BCUT2D eigenvalue weighted by molar-refractivity contribution is 5.76. The van der Waals surface area contributed by atoms with Crippen molar-refractivity contribution >= 4 is 5.91 Å². The maximum atomic E-state index is 11.9. The third kappa shape index (κ3) is 4.89. The Morgan fingerprint density at radius 3 is 2.84 bits per heavy atom. The fraction of sp³-hybridized carbons (Fsp3) is 0.526. The van der Waals surface area contributed by atoms with Crippen molar-refractivity contribution in [1.82, 2.24) is 20.8 Å². The van der Waals surface area contributed by atoms with Gasteiger partial charge in [-0.15, -0.1) is 0 Å². The van der Waals surface area contributed by atoms with Crippen LogP contribution < -0.4 is 10.6 Å². The highest BCUT2D eigenvalue weighted by atomic mass is 16.5. The third-order valence-corrected chi connectivity index (χ3v) is 4.58. The van der Waals surface area contributed by atoms with E-state index < -0.39 is 0 Å². The lowest BCUT2D eigenvalue weighted by Crippen LogP contribution is -2.37. The first-order valence-corrected chi connectivity index (χ1v) is 9.05. The average molecular weight is 342 g/mol. The van der Waals surface area contributed by atoms with Gasteiger partial charge < -0.3 is 15.2 Å². The van der Waals surface area contributed by atoms with E-state index in [1.54, 1.807) is 0 Å². The second kappa shape index (κ2) is 8.25. The van der Waals surface area contributed by atoms with Crippen LogP contribution in [0.5, 0.6) is 0 Å². The van der Waals surface area contributed by atoms with E-state index in [0.717, 1.165) is 18.5 Å². The number of hydrogen-bond donors (Lipinski definition) is 2. The Bertz CT molecular complexity index is 688. The number of aromatic nitrogens is 2. The number of carbonyl (C=O) groups is 1. The zero-order valence-electron chi connectivity index (χ0n) is 14.9. The van der Waals surface area contributed by atoms with Gasteiger partial charge in [0.2, 0.25) is 17.6 Å². The van der Waals surface area contributed by atoms with Gasteiger partial charge in [0.05, 0.1) is 0 Å². The number of rotatable bonds is 7. The predicted octanol–water partition coefficient (Wildman–Crippen LogP) is 2.66. The molecule has 1 aromatic carbocycles. The molecule has 6 heteroatoms.